The van der Waals surface area contributed by atoms with Gasteiger partial charge in [0.1, 0.15) is 6.04 Å². The Kier molecular flexibility index (Phi) is 9.47. The van der Waals surface area contributed by atoms with Crippen molar-refractivity contribution in [1.82, 2.24) is 10.6 Å². The lowest BCUT2D eigenvalue weighted by Gasteiger charge is -2.21. The number of carbonyl (C=O) groups excluding carboxylic acids is 2. The number of methoxy groups -OCH3 is 3. The quantitative estimate of drug-likeness (QED) is 0.521. The lowest BCUT2D eigenvalue weighted by molar-refractivity contribution is -0.123. The molecule has 2 aromatic carbocycles. The topological polar surface area (TPSA) is 85.9 Å². The monoisotopic (exact) mass is 482 g/mol. The third-order valence-electron chi connectivity index (χ3n) is 4.70. The van der Waals surface area contributed by atoms with Crippen LogP contribution in [-0.2, 0) is 11.3 Å². The van der Waals surface area contributed by atoms with Gasteiger partial charge in [-0.25, -0.2) is 0 Å². The highest BCUT2D eigenvalue weighted by molar-refractivity contribution is 6.36. The highest BCUT2D eigenvalue weighted by atomic mass is 35.5. The minimum atomic E-state index is -0.740. The molecule has 0 aliphatic rings. The molecule has 0 aliphatic carbocycles. The van der Waals surface area contributed by atoms with E-state index in [9.17, 15) is 9.59 Å². The summed E-state index contributed by atoms with van der Waals surface area (Å²) in [5.74, 6) is 0.856. The summed E-state index contributed by atoms with van der Waals surface area (Å²) in [5.41, 5.74) is 1.01. The van der Waals surface area contributed by atoms with Gasteiger partial charge in [0, 0.05) is 11.6 Å². The van der Waals surface area contributed by atoms with Gasteiger partial charge in [-0.15, -0.1) is 0 Å². The Morgan fingerprint density at radius 2 is 1.59 bits per heavy atom. The lowest BCUT2D eigenvalue weighted by Crippen LogP contribution is -2.47. The molecule has 0 saturated carbocycles. The van der Waals surface area contributed by atoms with Crippen molar-refractivity contribution in [3.63, 3.8) is 0 Å². The van der Waals surface area contributed by atoms with E-state index in [4.69, 9.17) is 37.4 Å². The number of amides is 2. The molecule has 0 saturated heterocycles. The van der Waals surface area contributed by atoms with Crippen LogP contribution in [0, 0.1) is 5.92 Å². The highest BCUT2D eigenvalue weighted by Gasteiger charge is 2.24. The molecule has 2 rings (SSSR count). The van der Waals surface area contributed by atoms with Crippen LogP contribution in [0.3, 0.4) is 0 Å². The fraction of sp³-hybridized carbons (Fsp3) is 0.391. The summed E-state index contributed by atoms with van der Waals surface area (Å²) in [6.45, 7) is 4.16. The summed E-state index contributed by atoms with van der Waals surface area (Å²) < 4.78 is 16.0. The SMILES string of the molecule is COc1cc(CNC(=O)C(CC(C)C)NC(=O)c2ccc(Cl)cc2Cl)cc(OC)c1OC. The number of ether oxygens (including phenoxy) is 3. The van der Waals surface area contributed by atoms with E-state index in [-0.39, 0.29) is 29.0 Å². The van der Waals surface area contributed by atoms with Crippen LogP contribution in [0.15, 0.2) is 30.3 Å². The van der Waals surface area contributed by atoms with Crippen LogP contribution in [0.25, 0.3) is 0 Å². The number of rotatable bonds is 10. The van der Waals surface area contributed by atoms with Gasteiger partial charge < -0.3 is 24.8 Å². The second-order valence-electron chi connectivity index (χ2n) is 7.53. The zero-order valence-electron chi connectivity index (χ0n) is 18.8. The summed E-state index contributed by atoms with van der Waals surface area (Å²) in [6, 6.07) is 7.36. The third kappa shape index (κ3) is 6.68. The lowest BCUT2D eigenvalue weighted by atomic mass is 10.0. The predicted molar refractivity (Wildman–Crippen MR) is 125 cm³/mol. The molecule has 2 amide bonds. The molecular formula is C23H28Cl2N2O5. The Hall–Kier alpha value is -2.64. The van der Waals surface area contributed by atoms with Gasteiger partial charge in [-0.2, -0.15) is 0 Å². The number of carbonyl (C=O) groups is 2. The first-order valence-corrected chi connectivity index (χ1v) is 10.8. The zero-order valence-corrected chi connectivity index (χ0v) is 20.3. The zero-order chi connectivity index (χ0) is 23.8. The largest absolute Gasteiger partial charge is 0.493 e. The van der Waals surface area contributed by atoms with Crippen molar-refractivity contribution < 1.29 is 23.8 Å². The molecule has 0 aromatic heterocycles. The molecule has 2 aromatic rings. The van der Waals surface area contributed by atoms with E-state index in [1.165, 1.54) is 33.5 Å². The van der Waals surface area contributed by atoms with Crippen LogP contribution in [0.1, 0.15) is 36.2 Å². The molecule has 0 fully saturated rings. The number of halogens is 2. The van der Waals surface area contributed by atoms with Crippen LogP contribution < -0.4 is 24.8 Å². The molecule has 0 aliphatic heterocycles. The van der Waals surface area contributed by atoms with E-state index in [2.05, 4.69) is 10.6 Å². The molecule has 7 nitrogen and oxygen atoms in total. The number of hydrogen-bond acceptors (Lipinski definition) is 5. The average molecular weight is 483 g/mol. The van der Waals surface area contributed by atoms with Gasteiger partial charge >= 0.3 is 0 Å². The third-order valence-corrected chi connectivity index (χ3v) is 5.24. The second kappa shape index (κ2) is 11.8. The molecule has 0 heterocycles. The molecule has 0 bridgehead atoms. The van der Waals surface area contributed by atoms with Gasteiger partial charge in [-0.3, -0.25) is 9.59 Å². The molecule has 174 valence electrons. The fourth-order valence-corrected chi connectivity index (χ4v) is 3.66. The predicted octanol–water partition coefficient (Wildman–Crippen LogP) is 4.48. The molecular weight excluding hydrogens is 455 g/mol. The molecule has 9 heteroatoms. The van der Waals surface area contributed by atoms with Crippen molar-refractivity contribution in [3.05, 3.63) is 51.5 Å². The Morgan fingerprint density at radius 3 is 2.09 bits per heavy atom. The van der Waals surface area contributed by atoms with Crippen LogP contribution >= 0.6 is 23.2 Å². The minimum Gasteiger partial charge on any atom is -0.493 e. The van der Waals surface area contributed by atoms with E-state index < -0.39 is 11.9 Å². The Balaban J connectivity index is 2.15. The maximum Gasteiger partial charge on any atom is 0.253 e. The first-order chi connectivity index (χ1) is 15.2. The van der Waals surface area contributed by atoms with Crippen molar-refractivity contribution in [2.24, 2.45) is 5.92 Å². The first kappa shape index (κ1) is 25.6. The molecule has 0 radical (unpaired) electrons. The van der Waals surface area contributed by atoms with Crippen molar-refractivity contribution in [2.75, 3.05) is 21.3 Å². The van der Waals surface area contributed by atoms with Crippen molar-refractivity contribution in [1.29, 1.82) is 0 Å². The Labute approximate surface area is 198 Å². The summed E-state index contributed by atoms with van der Waals surface area (Å²) in [6.07, 6.45) is 0.456. The van der Waals surface area contributed by atoms with Crippen LogP contribution in [0.4, 0.5) is 0 Å². The minimum absolute atomic E-state index is 0.174. The van der Waals surface area contributed by atoms with Gasteiger partial charge in [-0.05, 0) is 48.2 Å². The second-order valence-corrected chi connectivity index (χ2v) is 8.37. The van der Waals surface area contributed by atoms with Crippen LogP contribution in [0.2, 0.25) is 10.0 Å². The van der Waals surface area contributed by atoms with E-state index in [1.54, 1.807) is 18.2 Å². The standard InChI is InChI=1S/C23H28Cl2N2O5/c1-13(2)8-18(27-22(28)16-7-6-15(24)11-17(16)25)23(29)26-12-14-9-19(30-3)21(32-5)20(10-14)31-4/h6-7,9-11,13,18H,8,12H2,1-5H3,(H,26,29)(H,27,28). The average Bonchev–Trinajstić information content (AvgIpc) is 2.75. The number of nitrogens with one attached hydrogen (secondary N) is 2. The van der Waals surface area contributed by atoms with E-state index in [0.29, 0.717) is 28.7 Å². The fourth-order valence-electron chi connectivity index (χ4n) is 3.16. The molecule has 32 heavy (non-hydrogen) atoms. The van der Waals surface area contributed by atoms with E-state index >= 15 is 0 Å². The number of hydrogen-bond donors (Lipinski definition) is 2. The van der Waals surface area contributed by atoms with Gasteiger partial charge in [0.25, 0.3) is 5.91 Å². The van der Waals surface area contributed by atoms with Gasteiger partial charge in [0.2, 0.25) is 11.7 Å². The van der Waals surface area contributed by atoms with Gasteiger partial charge in [-0.1, -0.05) is 37.0 Å². The normalized spacial score (nSPS) is 11.6. The molecule has 1 unspecified atom stereocenters. The molecule has 1 atom stereocenters. The summed E-state index contributed by atoms with van der Waals surface area (Å²) >= 11 is 12.0. The summed E-state index contributed by atoms with van der Waals surface area (Å²) in [4.78, 5) is 25.6. The van der Waals surface area contributed by atoms with Crippen molar-refractivity contribution in [3.8, 4) is 17.2 Å². The van der Waals surface area contributed by atoms with Gasteiger partial charge in [0.15, 0.2) is 11.5 Å². The van der Waals surface area contributed by atoms with Crippen LogP contribution in [0.5, 0.6) is 17.2 Å². The van der Waals surface area contributed by atoms with Gasteiger partial charge in [0.05, 0.1) is 31.9 Å². The highest BCUT2D eigenvalue weighted by Crippen LogP contribution is 2.38. The van der Waals surface area contributed by atoms with Crippen LogP contribution in [-0.4, -0.2) is 39.2 Å². The molecule has 2 N–H and O–H groups in total. The summed E-state index contributed by atoms with van der Waals surface area (Å²) in [7, 11) is 4.57. The smallest absolute Gasteiger partial charge is 0.253 e. The van der Waals surface area contributed by atoms with E-state index in [0.717, 1.165) is 5.56 Å². The Morgan fingerprint density at radius 1 is 0.969 bits per heavy atom. The van der Waals surface area contributed by atoms with E-state index in [1.807, 2.05) is 13.8 Å². The first-order valence-electron chi connectivity index (χ1n) is 10.0. The van der Waals surface area contributed by atoms with Crippen molar-refractivity contribution in [2.45, 2.75) is 32.9 Å². The summed E-state index contributed by atoms with van der Waals surface area (Å²) in [5, 5.41) is 6.28. The number of benzene rings is 2. The molecule has 0 spiro atoms. The maximum atomic E-state index is 12.9. The Bertz CT molecular complexity index is 940. The van der Waals surface area contributed by atoms with Crippen molar-refractivity contribution >= 4 is 35.0 Å². The maximum absolute atomic E-state index is 12.9.